The summed E-state index contributed by atoms with van der Waals surface area (Å²) in [6.45, 7) is 17.8. The van der Waals surface area contributed by atoms with E-state index >= 15 is 0 Å². The first-order chi connectivity index (χ1) is 18.9. The molecule has 1 aromatic rings. The summed E-state index contributed by atoms with van der Waals surface area (Å²) in [5.74, 6) is 1.22. The van der Waals surface area contributed by atoms with Crippen LogP contribution >= 0.6 is 0 Å². The number of hydrogen-bond acceptors (Lipinski definition) is 7. The number of piperazine rings is 1. The Balaban J connectivity index is 1.25. The number of nitrogens with one attached hydrogen (secondary N) is 2. The SMILES string of the molecule is C=C1C(c2ccc(N3CCC(N4CCNCC4)CC3)cc2)=CN=C(N)C1=N/C(CC)=C(\C)NC1CCC(C)C1. The Kier molecular flexibility index (Phi) is 8.88. The lowest BCUT2D eigenvalue weighted by molar-refractivity contribution is 0.150. The summed E-state index contributed by atoms with van der Waals surface area (Å²) in [7, 11) is 0. The van der Waals surface area contributed by atoms with Crippen molar-refractivity contribution in [2.75, 3.05) is 44.2 Å². The maximum atomic E-state index is 6.34. The van der Waals surface area contributed by atoms with Crippen LogP contribution in [0.3, 0.4) is 0 Å². The fraction of sp³-hybridized carbons (Fsp3) is 0.562. The van der Waals surface area contributed by atoms with Crippen LogP contribution in [0.5, 0.6) is 0 Å². The highest BCUT2D eigenvalue weighted by atomic mass is 15.2. The van der Waals surface area contributed by atoms with E-state index in [9.17, 15) is 0 Å². The highest BCUT2D eigenvalue weighted by molar-refractivity contribution is 6.51. The fourth-order valence-corrected chi connectivity index (χ4v) is 6.61. The molecule has 1 aliphatic carbocycles. The van der Waals surface area contributed by atoms with E-state index < -0.39 is 0 Å². The molecule has 1 saturated carbocycles. The first-order valence-electron chi connectivity index (χ1n) is 15.0. The van der Waals surface area contributed by atoms with Gasteiger partial charge in [0.1, 0.15) is 11.5 Å². The Morgan fingerprint density at radius 1 is 1.10 bits per heavy atom. The molecule has 0 radical (unpaired) electrons. The van der Waals surface area contributed by atoms with Crippen molar-refractivity contribution in [3.05, 3.63) is 59.6 Å². The predicted octanol–water partition coefficient (Wildman–Crippen LogP) is 4.69. The van der Waals surface area contributed by atoms with Crippen LogP contribution in [0.4, 0.5) is 5.69 Å². The predicted molar refractivity (Wildman–Crippen MR) is 165 cm³/mol. The molecule has 7 nitrogen and oxygen atoms in total. The van der Waals surface area contributed by atoms with E-state index in [1.54, 1.807) is 0 Å². The van der Waals surface area contributed by atoms with Gasteiger partial charge in [-0.1, -0.05) is 32.6 Å². The number of rotatable bonds is 7. The fourth-order valence-electron chi connectivity index (χ4n) is 6.61. The number of amidine groups is 1. The third-order valence-electron chi connectivity index (χ3n) is 8.99. The summed E-state index contributed by atoms with van der Waals surface area (Å²) in [6.07, 6.45) is 8.86. The minimum atomic E-state index is 0.431. The second kappa shape index (κ2) is 12.5. The smallest absolute Gasteiger partial charge is 0.149 e. The van der Waals surface area contributed by atoms with E-state index in [-0.39, 0.29) is 0 Å². The summed E-state index contributed by atoms with van der Waals surface area (Å²) in [5, 5.41) is 7.19. The molecule has 0 bridgehead atoms. The number of benzene rings is 1. The van der Waals surface area contributed by atoms with Gasteiger partial charge in [-0.2, -0.15) is 0 Å². The van der Waals surface area contributed by atoms with Gasteiger partial charge in [-0.25, -0.2) is 9.98 Å². The highest BCUT2D eigenvalue weighted by Gasteiger charge is 2.26. The maximum absolute atomic E-state index is 6.34. The number of aliphatic imine (C=N–C) groups is 2. The Morgan fingerprint density at radius 3 is 2.46 bits per heavy atom. The van der Waals surface area contributed by atoms with E-state index in [2.05, 4.69) is 77.0 Å². The third kappa shape index (κ3) is 6.47. The zero-order valence-electron chi connectivity index (χ0n) is 24.2. The van der Waals surface area contributed by atoms with E-state index in [0.717, 1.165) is 72.7 Å². The van der Waals surface area contributed by atoms with Gasteiger partial charge in [-0.05, 0) is 69.1 Å². The van der Waals surface area contributed by atoms with Gasteiger partial charge >= 0.3 is 0 Å². The Hall–Kier alpha value is -2.90. The molecule has 0 aromatic heterocycles. The Labute approximate surface area is 235 Å². The molecule has 2 unspecified atom stereocenters. The molecule has 3 fully saturated rings. The van der Waals surface area contributed by atoms with Crippen LogP contribution in [0.25, 0.3) is 5.57 Å². The van der Waals surface area contributed by atoms with Gasteiger partial charge in [0.15, 0.2) is 0 Å². The zero-order chi connectivity index (χ0) is 27.4. The number of nitrogens with two attached hydrogens (primary N) is 1. The van der Waals surface area contributed by atoms with Crippen LogP contribution < -0.4 is 21.3 Å². The molecule has 210 valence electrons. The molecule has 5 rings (SSSR count). The molecule has 2 atom stereocenters. The second-order valence-electron chi connectivity index (χ2n) is 11.7. The van der Waals surface area contributed by atoms with Crippen molar-refractivity contribution in [2.24, 2.45) is 21.6 Å². The van der Waals surface area contributed by atoms with E-state index in [0.29, 0.717) is 17.6 Å². The van der Waals surface area contributed by atoms with Crippen molar-refractivity contribution in [1.29, 1.82) is 0 Å². The van der Waals surface area contributed by atoms with Crippen molar-refractivity contribution in [2.45, 2.75) is 71.4 Å². The van der Waals surface area contributed by atoms with Gasteiger partial charge in [0.25, 0.3) is 0 Å². The van der Waals surface area contributed by atoms with Crippen molar-refractivity contribution < 1.29 is 0 Å². The maximum Gasteiger partial charge on any atom is 0.149 e. The largest absolute Gasteiger partial charge is 0.384 e. The van der Waals surface area contributed by atoms with Crippen LogP contribution in [0.2, 0.25) is 0 Å². The Bertz CT molecular complexity index is 1150. The first-order valence-corrected chi connectivity index (χ1v) is 15.0. The van der Waals surface area contributed by atoms with E-state index in [4.69, 9.17) is 10.7 Å². The standard InChI is InChI=1S/C32H47N7/c1-5-30(24(4)36-26-9-6-22(2)20-26)37-31-23(3)29(21-35-32(31)33)25-7-10-27(11-8-25)38-16-12-28(13-17-38)39-18-14-34-15-19-39/h7-8,10-11,21-22,26,28,34,36H,3,5-6,9,12-20H2,1-2,4H3,(H2,33,35)/b30-24+,37-31?. The molecule has 4 aliphatic rings. The lowest BCUT2D eigenvalue weighted by Gasteiger charge is -2.41. The molecule has 3 heterocycles. The monoisotopic (exact) mass is 529 g/mol. The molecule has 4 N–H and O–H groups in total. The van der Waals surface area contributed by atoms with Crippen molar-refractivity contribution in [3.8, 4) is 0 Å². The second-order valence-corrected chi connectivity index (χ2v) is 11.7. The quantitative estimate of drug-likeness (QED) is 0.478. The molecular weight excluding hydrogens is 482 g/mol. The molecule has 0 spiro atoms. The van der Waals surface area contributed by atoms with Crippen LogP contribution in [-0.4, -0.2) is 67.8 Å². The third-order valence-corrected chi connectivity index (χ3v) is 8.99. The topological polar surface area (TPSA) is 81.3 Å². The van der Waals surface area contributed by atoms with Gasteiger partial charge in [-0.3, -0.25) is 4.90 Å². The van der Waals surface area contributed by atoms with Gasteiger partial charge in [0.05, 0.1) is 5.70 Å². The lowest BCUT2D eigenvalue weighted by Crippen LogP contribution is -2.52. The average molecular weight is 530 g/mol. The van der Waals surface area contributed by atoms with Crippen LogP contribution in [0, 0.1) is 5.92 Å². The first kappa shape index (κ1) is 27.7. The number of allylic oxidation sites excluding steroid dienone is 3. The summed E-state index contributed by atoms with van der Waals surface area (Å²) >= 11 is 0. The Morgan fingerprint density at radius 2 is 1.82 bits per heavy atom. The molecule has 1 aromatic carbocycles. The molecule has 39 heavy (non-hydrogen) atoms. The average Bonchev–Trinajstić information content (AvgIpc) is 3.38. The van der Waals surface area contributed by atoms with Crippen molar-refractivity contribution >= 4 is 22.8 Å². The van der Waals surface area contributed by atoms with Gasteiger partial charge < -0.3 is 21.3 Å². The molecular formula is C32H47N7. The van der Waals surface area contributed by atoms with Gasteiger partial charge in [0, 0.05) is 80.1 Å². The van der Waals surface area contributed by atoms with Gasteiger partial charge in [-0.15, -0.1) is 0 Å². The lowest BCUT2D eigenvalue weighted by atomic mass is 9.93. The minimum Gasteiger partial charge on any atom is -0.384 e. The number of nitrogens with zero attached hydrogens (tertiary/aromatic N) is 4. The minimum absolute atomic E-state index is 0.431. The van der Waals surface area contributed by atoms with E-state index in [1.165, 1.54) is 50.9 Å². The van der Waals surface area contributed by atoms with Crippen molar-refractivity contribution in [3.63, 3.8) is 0 Å². The van der Waals surface area contributed by atoms with E-state index in [1.807, 2.05) is 6.20 Å². The zero-order valence-corrected chi connectivity index (χ0v) is 24.2. The van der Waals surface area contributed by atoms with Crippen LogP contribution in [-0.2, 0) is 0 Å². The van der Waals surface area contributed by atoms with Crippen LogP contribution in [0.1, 0.15) is 64.9 Å². The summed E-state index contributed by atoms with van der Waals surface area (Å²) in [5.41, 5.74) is 13.4. The van der Waals surface area contributed by atoms with Crippen LogP contribution in [0.15, 0.2) is 64.0 Å². The van der Waals surface area contributed by atoms with Crippen molar-refractivity contribution in [1.82, 2.24) is 15.5 Å². The number of anilines is 1. The van der Waals surface area contributed by atoms with Gasteiger partial charge in [0.2, 0.25) is 0 Å². The summed E-state index contributed by atoms with van der Waals surface area (Å²) in [6, 6.07) is 10.1. The summed E-state index contributed by atoms with van der Waals surface area (Å²) < 4.78 is 0. The number of hydrogen-bond donors (Lipinski definition) is 3. The highest BCUT2D eigenvalue weighted by Crippen LogP contribution is 2.31. The number of piperidine rings is 1. The normalized spacial score (nSPS) is 26.9. The molecule has 2 saturated heterocycles. The molecule has 0 amide bonds. The summed E-state index contributed by atoms with van der Waals surface area (Å²) in [4.78, 5) is 14.7. The molecule has 7 heteroatoms. The molecule has 3 aliphatic heterocycles.